The molecule has 1 unspecified atom stereocenters. The number of hydrogen-bond donors (Lipinski definition) is 2. The molecule has 0 radical (unpaired) electrons. The Morgan fingerprint density at radius 2 is 1.90 bits per heavy atom. The van der Waals surface area contributed by atoms with Crippen molar-refractivity contribution in [2.24, 2.45) is 5.41 Å². The molecule has 2 N–H and O–H groups in total. The van der Waals surface area contributed by atoms with Crippen LogP contribution in [0.2, 0.25) is 0 Å². The highest BCUT2D eigenvalue weighted by Gasteiger charge is 2.31. The first kappa shape index (κ1) is 16.0. The molecule has 1 amide bonds. The van der Waals surface area contributed by atoms with Crippen molar-refractivity contribution in [2.75, 3.05) is 13.2 Å². The summed E-state index contributed by atoms with van der Waals surface area (Å²) in [5, 5.41) is 11.7. The van der Waals surface area contributed by atoms with Gasteiger partial charge >= 0.3 is 5.97 Å². The number of aliphatic carboxylic acids is 1. The van der Waals surface area contributed by atoms with Gasteiger partial charge in [0, 0.05) is 6.54 Å². The second-order valence-corrected chi connectivity index (χ2v) is 5.10. The SMILES string of the molecule is CCC(C)(CNC(=O)COc1ccc(C)cc1)C(=O)O. The molecular formula is C15H21NO4. The van der Waals surface area contributed by atoms with Gasteiger partial charge in [-0.25, -0.2) is 0 Å². The summed E-state index contributed by atoms with van der Waals surface area (Å²) in [6, 6.07) is 7.36. The van der Waals surface area contributed by atoms with Crippen molar-refractivity contribution in [2.45, 2.75) is 27.2 Å². The van der Waals surface area contributed by atoms with E-state index in [0.29, 0.717) is 12.2 Å². The zero-order chi connectivity index (χ0) is 15.2. The number of amides is 1. The van der Waals surface area contributed by atoms with E-state index in [0.717, 1.165) is 5.56 Å². The zero-order valence-electron chi connectivity index (χ0n) is 12.1. The van der Waals surface area contributed by atoms with E-state index < -0.39 is 11.4 Å². The molecule has 0 fully saturated rings. The van der Waals surface area contributed by atoms with Gasteiger partial charge in [-0.1, -0.05) is 24.6 Å². The molecule has 0 heterocycles. The minimum atomic E-state index is -0.945. The van der Waals surface area contributed by atoms with Gasteiger partial charge in [0.25, 0.3) is 5.91 Å². The molecule has 0 aliphatic rings. The van der Waals surface area contributed by atoms with Crippen molar-refractivity contribution >= 4 is 11.9 Å². The molecule has 110 valence electrons. The van der Waals surface area contributed by atoms with Gasteiger partial charge in [0.2, 0.25) is 0 Å². The number of hydrogen-bond acceptors (Lipinski definition) is 3. The normalized spacial score (nSPS) is 13.3. The fourth-order valence-corrected chi connectivity index (χ4v) is 1.48. The van der Waals surface area contributed by atoms with Gasteiger partial charge in [-0.05, 0) is 32.4 Å². The number of aryl methyl sites for hydroxylation is 1. The van der Waals surface area contributed by atoms with Crippen LogP contribution in [-0.4, -0.2) is 30.1 Å². The lowest BCUT2D eigenvalue weighted by Crippen LogP contribution is -2.42. The lowest BCUT2D eigenvalue weighted by molar-refractivity contribution is -0.148. The summed E-state index contributed by atoms with van der Waals surface area (Å²) >= 11 is 0. The maximum absolute atomic E-state index is 11.6. The van der Waals surface area contributed by atoms with E-state index in [9.17, 15) is 9.59 Å². The fourth-order valence-electron chi connectivity index (χ4n) is 1.48. The first-order valence-corrected chi connectivity index (χ1v) is 6.57. The Labute approximate surface area is 118 Å². The highest BCUT2D eigenvalue weighted by atomic mass is 16.5. The number of rotatable bonds is 7. The topological polar surface area (TPSA) is 75.6 Å². The van der Waals surface area contributed by atoms with E-state index in [2.05, 4.69) is 5.32 Å². The quantitative estimate of drug-likeness (QED) is 0.800. The Bertz CT molecular complexity index is 469. The number of carboxylic acid groups (broad SMARTS) is 1. The zero-order valence-corrected chi connectivity index (χ0v) is 12.1. The van der Waals surface area contributed by atoms with Crippen LogP contribution in [0.1, 0.15) is 25.8 Å². The van der Waals surface area contributed by atoms with Crippen LogP contribution in [-0.2, 0) is 9.59 Å². The predicted octanol–water partition coefficient (Wildman–Crippen LogP) is 1.99. The minimum absolute atomic E-state index is 0.0922. The molecule has 1 aromatic rings. The van der Waals surface area contributed by atoms with Crippen LogP contribution in [0.25, 0.3) is 0 Å². The van der Waals surface area contributed by atoms with Crippen LogP contribution in [0, 0.1) is 12.3 Å². The van der Waals surface area contributed by atoms with Crippen LogP contribution >= 0.6 is 0 Å². The van der Waals surface area contributed by atoms with Gasteiger partial charge in [-0.2, -0.15) is 0 Å². The Morgan fingerprint density at radius 1 is 1.30 bits per heavy atom. The molecule has 0 spiro atoms. The maximum Gasteiger partial charge on any atom is 0.311 e. The third kappa shape index (κ3) is 4.57. The third-order valence-electron chi connectivity index (χ3n) is 3.36. The van der Waals surface area contributed by atoms with Crippen LogP contribution in [0.5, 0.6) is 5.75 Å². The van der Waals surface area contributed by atoms with E-state index in [1.807, 2.05) is 19.1 Å². The highest BCUT2D eigenvalue weighted by molar-refractivity contribution is 5.79. The molecule has 0 bridgehead atoms. The Kier molecular flexibility index (Phi) is 5.55. The molecular weight excluding hydrogens is 258 g/mol. The number of carbonyl (C=O) groups excluding carboxylic acids is 1. The number of nitrogens with one attached hydrogen (secondary N) is 1. The number of benzene rings is 1. The van der Waals surface area contributed by atoms with Crippen molar-refractivity contribution in [1.82, 2.24) is 5.32 Å². The highest BCUT2D eigenvalue weighted by Crippen LogP contribution is 2.19. The van der Waals surface area contributed by atoms with Crippen molar-refractivity contribution in [1.29, 1.82) is 0 Å². The van der Waals surface area contributed by atoms with Crippen molar-refractivity contribution in [3.8, 4) is 5.75 Å². The maximum atomic E-state index is 11.6. The summed E-state index contributed by atoms with van der Waals surface area (Å²) in [5.74, 6) is -0.631. The molecule has 0 aliphatic heterocycles. The van der Waals surface area contributed by atoms with Crippen molar-refractivity contribution < 1.29 is 19.4 Å². The molecule has 5 heteroatoms. The Balaban J connectivity index is 2.41. The van der Waals surface area contributed by atoms with Gasteiger partial charge in [0.1, 0.15) is 5.75 Å². The van der Waals surface area contributed by atoms with Crippen LogP contribution in [0.4, 0.5) is 0 Å². The van der Waals surface area contributed by atoms with E-state index in [4.69, 9.17) is 9.84 Å². The summed E-state index contributed by atoms with van der Waals surface area (Å²) in [4.78, 5) is 22.7. The predicted molar refractivity (Wildman–Crippen MR) is 75.7 cm³/mol. The third-order valence-corrected chi connectivity index (χ3v) is 3.36. The fraction of sp³-hybridized carbons (Fsp3) is 0.467. The Hall–Kier alpha value is -2.04. The summed E-state index contributed by atoms with van der Waals surface area (Å²) in [6.07, 6.45) is 0.446. The van der Waals surface area contributed by atoms with Crippen LogP contribution in [0.15, 0.2) is 24.3 Å². The molecule has 1 rings (SSSR count). The lowest BCUT2D eigenvalue weighted by Gasteiger charge is -2.23. The summed E-state index contributed by atoms with van der Waals surface area (Å²) < 4.78 is 5.32. The van der Waals surface area contributed by atoms with Gasteiger partial charge in [0.05, 0.1) is 5.41 Å². The van der Waals surface area contributed by atoms with Crippen LogP contribution < -0.4 is 10.1 Å². The monoisotopic (exact) mass is 279 g/mol. The van der Waals surface area contributed by atoms with E-state index >= 15 is 0 Å². The standard InChI is InChI=1S/C15H21NO4/c1-4-15(3,14(18)19)10-16-13(17)9-20-12-7-5-11(2)6-8-12/h5-8H,4,9-10H2,1-3H3,(H,16,17)(H,18,19). The number of carbonyl (C=O) groups is 2. The molecule has 20 heavy (non-hydrogen) atoms. The van der Waals surface area contributed by atoms with Crippen LogP contribution in [0.3, 0.4) is 0 Å². The molecule has 1 aromatic carbocycles. The first-order valence-electron chi connectivity index (χ1n) is 6.57. The second kappa shape index (κ2) is 6.93. The summed E-state index contributed by atoms with van der Waals surface area (Å²) in [5.41, 5.74) is 0.168. The minimum Gasteiger partial charge on any atom is -0.484 e. The van der Waals surface area contributed by atoms with Gasteiger partial charge < -0.3 is 15.2 Å². The molecule has 1 atom stereocenters. The first-order chi connectivity index (χ1) is 9.37. The number of ether oxygens (including phenoxy) is 1. The van der Waals surface area contributed by atoms with Crippen molar-refractivity contribution in [3.63, 3.8) is 0 Å². The summed E-state index contributed by atoms with van der Waals surface area (Å²) in [7, 11) is 0. The van der Waals surface area contributed by atoms with Gasteiger partial charge in [-0.15, -0.1) is 0 Å². The molecule has 0 saturated heterocycles. The average Bonchev–Trinajstić information content (AvgIpc) is 2.43. The Morgan fingerprint density at radius 3 is 2.40 bits per heavy atom. The molecule has 5 nitrogen and oxygen atoms in total. The van der Waals surface area contributed by atoms with Crippen molar-refractivity contribution in [3.05, 3.63) is 29.8 Å². The van der Waals surface area contributed by atoms with E-state index in [1.54, 1.807) is 26.0 Å². The summed E-state index contributed by atoms with van der Waals surface area (Å²) in [6.45, 7) is 5.32. The van der Waals surface area contributed by atoms with Gasteiger partial charge in [0.15, 0.2) is 6.61 Å². The second-order valence-electron chi connectivity index (χ2n) is 5.10. The largest absolute Gasteiger partial charge is 0.484 e. The smallest absolute Gasteiger partial charge is 0.311 e. The lowest BCUT2D eigenvalue weighted by atomic mass is 9.88. The molecule has 0 saturated carbocycles. The van der Waals surface area contributed by atoms with E-state index in [-0.39, 0.29) is 19.1 Å². The molecule has 0 aliphatic carbocycles. The number of carboxylic acids is 1. The van der Waals surface area contributed by atoms with E-state index in [1.165, 1.54) is 0 Å². The average molecular weight is 279 g/mol. The molecule has 0 aromatic heterocycles. The van der Waals surface area contributed by atoms with Gasteiger partial charge in [-0.3, -0.25) is 9.59 Å².